The summed E-state index contributed by atoms with van der Waals surface area (Å²) in [5.74, 6) is -0.307. The molecule has 1 aromatic rings. The van der Waals surface area contributed by atoms with Gasteiger partial charge in [-0.15, -0.1) is 0 Å². The summed E-state index contributed by atoms with van der Waals surface area (Å²) < 4.78 is 13.6. The number of hydrogen-bond acceptors (Lipinski definition) is 3. The molecule has 0 radical (unpaired) electrons. The average Bonchev–Trinajstić information content (AvgIpc) is 2.42. The van der Waals surface area contributed by atoms with Crippen LogP contribution >= 0.6 is 0 Å². The second-order valence-corrected chi connectivity index (χ2v) is 5.68. The summed E-state index contributed by atoms with van der Waals surface area (Å²) in [7, 11) is 3.70. The highest BCUT2D eigenvalue weighted by Crippen LogP contribution is 2.27. The molecule has 1 heterocycles. The zero-order valence-corrected chi connectivity index (χ0v) is 12.2. The van der Waals surface area contributed by atoms with E-state index in [4.69, 9.17) is 0 Å². The van der Waals surface area contributed by atoms with E-state index in [-0.39, 0.29) is 11.6 Å². The number of amides is 1. The van der Waals surface area contributed by atoms with Crippen LogP contribution in [0.15, 0.2) is 12.3 Å². The maximum Gasteiger partial charge on any atom is 0.236 e. The van der Waals surface area contributed by atoms with Crippen LogP contribution in [0.5, 0.6) is 0 Å². The second kappa shape index (κ2) is 6.68. The molecule has 1 aliphatic carbocycles. The molecule has 1 aliphatic rings. The lowest BCUT2D eigenvalue weighted by molar-refractivity contribution is -0.117. The summed E-state index contributed by atoms with van der Waals surface area (Å²) in [5, 5.41) is 2.65. The average molecular weight is 279 g/mol. The number of nitrogens with zero attached hydrogens (tertiary/aromatic N) is 2. The van der Waals surface area contributed by atoms with E-state index < -0.39 is 5.95 Å². The minimum Gasteiger partial charge on any atom is -0.376 e. The second-order valence-electron chi connectivity index (χ2n) is 5.68. The fourth-order valence-corrected chi connectivity index (χ4v) is 2.62. The first-order chi connectivity index (χ1) is 9.56. The van der Waals surface area contributed by atoms with Gasteiger partial charge in [-0.1, -0.05) is 19.3 Å². The van der Waals surface area contributed by atoms with Gasteiger partial charge in [0.25, 0.3) is 0 Å². The van der Waals surface area contributed by atoms with Gasteiger partial charge in [-0.05, 0) is 24.8 Å². The molecule has 0 saturated heterocycles. The van der Waals surface area contributed by atoms with Gasteiger partial charge in [0.15, 0.2) is 0 Å². The quantitative estimate of drug-likeness (QED) is 0.861. The zero-order valence-electron chi connectivity index (χ0n) is 12.2. The number of rotatable bonds is 4. The normalized spacial score (nSPS) is 15.9. The van der Waals surface area contributed by atoms with E-state index in [1.807, 2.05) is 19.0 Å². The van der Waals surface area contributed by atoms with Crippen molar-refractivity contribution in [2.45, 2.75) is 38.5 Å². The third-order valence-electron chi connectivity index (χ3n) is 3.81. The van der Waals surface area contributed by atoms with Crippen molar-refractivity contribution in [2.75, 3.05) is 24.3 Å². The first kappa shape index (κ1) is 14.8. The highest BCUT2D eigenvalue weighted by atomic mass is 19.1. The highest BCUT2D eigenvalue weighted by molar-refractivity contribution is 5.91. The predicted molar refractivity (Wildman–Crippen MR) is 78.3 cm³/mol. The molecule has 20 heavy (non-hydrogen) atoms. The molecule has 0 atom stereocenters. The Hall–Kier alpha value is -1.65. The first-order valence-electron chi connectivity index (χ1n) is 7.19. The number of aromatic nitrogens is 1. The summed E-state index contributed by atoms with van der Waals surface area (Å²) in [4.78, 5) is 17.5. The Balaban J connectivity index is 1.97. The van der Waals surface area contributed by atoms with Gasteiger partial charge in [-0.3, -0.25) is 4.79 Å². The van der Waals surface area contributed by atoms with Crippen LogP contribution in [0.2, 0.25) is 0 Å². The number of anilines is 2. The molecule has 1 N–H and O–H groups in total. The van der Waals surface area contributed by atoms with Crippen LogP contribution in [0.3, 0.4) is 0 Å². The maximum atomic E-state index is 13.6. The monoisotopic (exact) mass is 279 g/mol. The smallest absolute Gasteiger partial charge is 0.236 e. The zero-order chi connectivity index (χ0) is 14.5. The Bertz CT molecular complexity index is 470. The molecular formula is C15H22FN3O. The van der Waals surface area contributed by atoms with E-state index in [1.165, 1.54) is 25.5 Å². The molecular weight excluding hydrogens is 257 g/mol. The summed E-state index contributed by atoms with van der Waals surface area (Å²) in [6, 6.07) is 1.61. The number of carbonyl (C=O) groups is 1. The van der Waals surface area contributed by atoms with Crippen molar-refractivity contribution in [3.63, 3.8) is 0 Å². The lowest BCUT2D eigenvalue weighted by Crippen LogP contribution is -2.19. The number of hydrogen-bond donors (Lipinski definition) is 1. The Labute approximate surface area is 119 Å². The van der Waals surface area contributed by atoms with Crippen LogP contribution in [0.1, 0.15) is 38.5 Å². The Morgan fingerprint density at radius 1 is 1.40 bits per heavy atom. The molecule has 1 aromatic heterocycles. The van der Waals surface area contributed by atoms with E-state index in [1.54, 1.807) is 6.07 Å². The molecule has 4 nitrogen and oxygen atoms in total. The molecule has 5 heteroatoms. The van der Waals surface area contributed by atoms with Crippen molar-refractivity contribution in [3.05, 3.63) is 18.2 Å². The van der Waals surface area contributed by atoms with E-state index in [0.29, 0.717) is 12.3 Å². The summed E-state index contributed by atoms with van der Waals surface area (Å²) in [5.41, 5.74) is 0.927. The van der Waals surface area contributed by atoms with E-state index in [0.717, 1.165) is 18.5 Å². The third kappa shape index (κ3) is 3.92. The van der Waals surface area contributed by atoms with Gasteiger partial charge in [-0.2, -0.15) is 4.39 Å². The van der Waals surface area contributed by atoms with Gasteiger partial charge in [-0.25, -0.2) is 4.98 Å². The van der Waals surface area contributed by atoms with Crippen LogP contribution in [-0.2, 0) is 4.79 Å². The van der Waals surface area contributed by atoms with Crippen molar-refractivity contribution in [2.24, 2.45) is 5.92 Å². The van der Waals surface area contributed by atoms with Crippen LogP contribution in [0, 0.1) is 11.9 Å². The molecule has 0 unspecified atom stereocenters. The Morgan fingerprint density at radius 2 is 2.10 bits per heavy atom. The topological polar surface area (TPSA) is 45.2 Å². The Kier molecular flexibility index (Phi) is 4.93. The number of pyridine rings is 1. The number of carbonyl (C=O) groups excluding carboxylic acids is 1. The molecule has 1 fully saturated rings. The van der Waals surface area contributed by atoms with Crippen molar-refractivity contribution < 1.29 is 9.18 Å². The molecule has 110 valence electrons. The van der Waals surface area contributed by atoms with Crippen molar-refractivity contribution >= 4 is 17.3 Å². The molecule has 0 bridgehead atoms. The molecule has 2 rings (SSSR count). The van der Waals surface area contributed by atoms with Crippen molar-refractivity contribution in [1.29, 1.82) is 0 Å². The van der Waals surface area contributed by atoms with E-state index in [2.05, 4.69) is 10.3 Å². The van der Waals surface area contributed by atoms with Gasteiger partial charge in [0.1, 0.15) is 0 Å². The predicted octanol–water partition coefficient (Wildman–Crippen LogP) is 3.20. The lowest BCUT2D eigenvalue weighted by atomic mass is 9.87. The van der Waals surface area contributed by atoms with Crippen molar-refractivity contribution in [3.8, 4) is 0 Å². The highest BCUT2D eigenvalue weighted by Gasteiger charge is 2.18. The van der Waals surface area contributed by atoms with Crippen LogP contribution in [0.25, 0.3) is 0 Å². The summed E-state index contributed by atoms with van der Waals surface area (Å²) in [6.07, 6.45) is 7.80. The largest absolute Gasteiger partial charge is 0.376 e. The lowest BCUT2D eigenvalue weighted by Gasteiger charge is -2.21. The molecule has 0 spiro atoms. The number of nitrogens with one attached hydrogen (secondary N) is 1. The SMILES string of the molecule is CN(C)c1cnc(F)c(NC(=O)CC2CCCCC2)c1. The third-order valence-corrected chi connectivity index (χ3v) is 3.81. The van der Waals surface area contributed by atoms with Gasteiger partial charge in [0.2, 0.25) is 11.9 Å². The van der Waals surface area contributed by atoms with Gasteiger partial charge in [0.05, 0.1) is 17.6 Å². The fraction of sp³-hybridized carbons (Fsp3) is 0.600. The molecule has 1 amide bonds. The van der Waals surface area contributed by atoms with Crippen LogP contribution in [0.4, 0.5) is 15.8 Å². The number of halogens is 1. The minimum absolute atomic E-state index is 0.117. The summed E-state index contributed by atoms with van der Waals surface area (Å²) in [6.45, 7) is 0. The van der Waals surface area contributed by atoms with E-state index >= 15 is 0 Å². The van der Waals surface area contributed by atoms with E-state index in [9.17, 15) is 9.18 Å². The molecule has 0 aromatic carbocycles. The van der Waals surface area contributed by atoms with Gasteiger partial charge >= 0.3 is 0 Å². The van der Waals surface area contributed by atoms with Crippen LogP contribution in [-0.4, -0.2) is 25.0 Å². The molecule has 1 saturated carbocycles. The standard InChI is InChI=1S/C15H22FN3O/c1-19(2)12-9-13(15(16)17-10-12)18-14(20)8-11-6-4-3-5-7-11/h9-11H,3-8H2,1-2H3,(H,18,20). The minimum atomic E-state index is -0.632. The molecule has 0 aliphatic heterocycles. The van der Waals surface area contributed by atoms with Crippen LogP contribution < -0.4 is 10.2 Å². The Morgan fingerprint density at radius 3 is 2.75 bits per heavy atom. The summed E-state index contributed by atoms with van der Waals surface area (Å²) >= 11 is 0. The van der Waals surface area contributed by atoms with Crippen molar-refractivity contribution in [1.82, 2.24) is 4.98 Å². The fourth-order valence-electron chi connectivity index (χ4n) is 2.62. The van der Waals surface area contributed by atoms with Gasteiger partial charge in [0, 0.05) is 20.5 Å². The first-order valence-corrected chi connectivity index (χ1v) is 7.19. The maximum absolute atomic E-state index is 13.6. The van der Waals surface area contributed by atoms with Gasteiger partial charge < -0.3 is 10.2 Å².